The van der Waals surface area contributed by atoms with Gasteiger partial charge in [-0.2, -0.15) is 0 Å². The molecule has 0 saturated heterocycles. The first-order chi connectivity index (χ1) is 7.76. The Balaban J connectivity index is 2.37. The van der Waals surface area contributed by atoms with Gasteiger partial charge in [-0.3, -0.25) is 0 Å². The van der Waals surface area contributed by atoms with Crippen LogP contribution in [0.4, 0.5) is 0 Å². The molecule has 16 heavy (non-hydrogen) atoms. The zero-order chi connectivity index (χ0) is 11.8. The van der Waals surface area contributed by atoms with Crippen LogP contribution in [0.1, 0.15) is 12.5 Å². The molecule has 0 atom stereocenters. The van der Waals surface area contributed by atoms with E-state index < -0.39 is 0 Å². The maximum Gasteiger partial charge on any atom is 0.118 e. The van der Waals surface area contributed by atoms with Gasteiger partial charge in [-0.25, -0.2) is 0 Å². The number of ether oxygens (including phenoxy) is 1. The second-order valence-corrected chi connectivity index (χ2v) is 3.70. The summed E-state index contributed by atoms with van der Waals surface area (Å²) >= 11 is 0. The summed E-state index contributed by atoms with van der Waals surface area (Å²) in [6.45, 7) is 7.51. The topological polar surface area (TPSA) is 21.3 Å². The zero-order valence-corrected chi connectivity index (χ0v) is 9.99. The van der Waals surface area contributed by atoms with Gasteiger partial charge < -0.3 is 10.1 Å². The summed E-state index contributed by atoms with van der Waals surface area (Å²) in [4.78, 5) is 0. The summed E-state index contributed by atoms with van der Waals surface area (Å²) in [5, 5.41) is 3.37. The second kappa shape index (κ2) is 6.85. The smallest absolute Gasteiger partial charge is 0.118 e. The number of hydrogen-bond acceptors (Lipinski definition) is 2. The van der Waals surface area contributed by atoms with Crippen LogP contribution in [0.3, 0.4) is 0 Å². The van der Waals surface area contributed by atoms with E-state index in [-0.39, 0.29) is 0 Å². The molecule has 0 amide bonds. The summed E-state index contributed by atoms with van der Waals surface area (Å²) in [6, 6.07) is 8.09. The monoisotopic (exact) mass is 217 g/mol. The van der Waals surface area contributed by atoms with Crippen molar-refractivity contribution in [2.24, 2.45) is 0 Å². The number of nitrogens with one attached hydrogen (secondary N) is 1. The Morgan fingerprint density at radius 1 is 1.38 bits per heavy atom. The van der Waals surface area contributed by atoms with Gasteiger partial charge >= 0.3 is 0 Å². The average Bonchev–Trinajstić information content (AvgIpc) is 2.30. The highest BCUT2D eigenvalue weighted by atomic mass is 16.5. The summed E-state index contributed by atoms with van der Waals surface area (Å²) in [7, 11) is 1.68. The van der Waals surface area contributed by atoms with E-state index in [0.29, 0.717) is 0 Å². The number of rotatable bonds is 6. The van der Waals surface area contributed by atoms with Gasteiger partial charge in [-0.1, -0.05) is 36.4 Å². The number of allylic oxidation sites excluding steroid dienone is 2. The molecule has 1 aromatic carbocycles. The summed E-state index contributed by atoms with van der Waals surface area (Å²) in [5.74, 6) is 0.895. The highest BCUT2D eigenvalue weighted by Gasteiger charge is 1.94. The third-order valence-corrected chi connectivity index (χ3v) is 2.29. The molecule has 2 nitrogen and oxygen atoms in total. The summed E-state index contributed by atoms with van der Waals surface area (Å²) in [5.41, 5.74) is 2.54. The molecule has 0 aromatic heterocycles. The fraction of sp³-hybridized carbons (Fsp3) is 0.286. The van der Waals surface area contributed by atoms with E-state index in [1.54, 1.807) is 7.11 Å². The van der Waals surface area contributed by atoms with Gasteiger partial charge in [0.1, 0.15) is 5.75 Å². The predicted octanol–water partition coefficient (Wildman–Crippen LogP) is 2.92. The van der Waals surface area contributed by atoms with Crippen molar-refractivity contribution < 1.29 is 4.74 Å². The molecular formula is C14H19NO. The largest absolute Gasteiger partial charge is 0.497 e. The van der Waals surface area contributed by atoms with E-state index in [1.165, 1.54) is 11.1 Å². The van der Waals surface area contributed by atoms with E-state index in [1.807, 2.05) is 24.3 Å². The van der Waals surface area contributed by atoms with Crippen LogP contribution < -0.4 is 10.1 Å². The molecule has 1 N–H and O–H groups in total. The fourth-order valence-electron chi connectivity index (χ4n) is 1.41. The highest BCUT2D eigenvalue weighted by Crippen LogP contribution is 2.10. The van der Waals surface area contributed by atoms with Gasteiger partial charge in [0, 0.05) is 13.1 Å². The third kappa shape index (κ3) is 4.32. The van der Waals surface area contributed by atoms with Crippen LogP contribution in [-0.2, 0) is 6.54 Å². The number of benzene rings is 1. The summed E-state index contributed by atoms with van der Waals surface area (Å²) < 4.78 is 5.10. The SMILES string of the molecule is C=C/C=C(\C)CNCc1ccc(OC)cc1. The Morgan fingerprint density at radius 2 is 2.06 bits per heavy atom. The van der Waals surface area contributed by atoms with Crippen LogP contribution in [0, 0.1) is 0 Å². The van der Waals surface area contributed by atoms with Crippen molar-refractivity contribution in [3.8, 4) is 5.75 Å². The van der Waals surface area contributed by atoms with Gasteiger partial charge in [0.05, 0.1) is 7.11 Å². The van der Waals surface area contributed by atoms with Crippen LogP contribution in [0.25, 0.3) is 0 Å². The van der Waals surface area contributed by atoms with Crippen molar-refractivity contribution in [3.05, 3.63) is 54.1 Å². The molecule has 0 spiro atoms. The quantitative estimate of drug-likeness (QED) is 0.740. The van der Waals surface area contributed by atoms with Crippen LogP contribution in [0.2, 0.25) is 0 Å². The number of hydrogen-bond donors (Lipinski definition) is 1. The van der Waals surface area contributed by atoms with Crippen molar-refractivity contribution in [1.29, 1.82) is 0 Å². The fourth-order valence-corrected chi connectivity index (χ4v) is 1.41. The second-order valence-electron chi connectivity index (χ2n) is 3.70. The van der Waals surface area contributed by atoms with E-state index in [9.17, 15) is 0 Å². The van der Waals surface area contributed by atoms with Gasteiger partial charge in [-0.05, 0) is 24.6 Å². The van der Waals surface area contributed by atoms with Gasteiger partial charge in [0.25, 0.3) is 0 Å². The van der Waals surface area contributed by atoms with Gasteiger partial charge in [0.2, 0.25) is 0 Å². The van der Waals surface area contributed by atoms with Crippen molar-refractivity contribution in [2.75, 3.05) is 13.7 Å². The van der Waals surface area contributed by atoms with E-state index in [0.717, 1.165) is 18.8 Å². The van der Waals surface area contributed by atoms with Crippen molar-refractivity contribution in [3.63, 3.8) is 0 Å². The van der Waals surface area contributed by atoms with Gasteiger partial charge in [-0.15, -0.1) is 0 Å². The van der Waals surface area contributed by atoms with Crippen molar-refractivity contribution in [1.82, 2.24) is 5.32 Å². The first-order valence-corrected chi connectivity index (χ1v) is 5.38. The van der Waals surface area contributed by atoms with E-state index >= 15 is 0 Å². The molecule has 0 fully saturated rings. The molecule has 1 rings (SSSR count). The zero-order valence-electron chi connectivity index (χ0n) is 9.99. The molecule has 0 saturated carbocycles. The lowest BCUT2D eigenvalue weighted by Crippen LogP contribution is -2.15. The molecule has 0 heterocycles. The van der Waals surface area contributed by atoms with Crippen LogP contribution in [0.5, 0.6) is 5.75 Å². The average molecular weight is 217 g/mol. The minimum Gasteiger partial charge on any atom is -0.497 e. The van der Waals surface area contributed by atoms with E-state index in [4.69, 9.17) is 4.74 Å². The maximum absolute atomic E-state index is 5.10. The minimum absolute atomic E-state index is 0.867. The normalized spacial score (nSPS) is 11.2. The Kier molecular flexibility index (Phi) is 5.37. The molecule has 1 aromatic rings. The standard InChI is InChI=1S/C14H19NO/c1-4-5-12(2)10-15-11-13-6-8-14(16-3)9-7-13/h4-9,15H,1,10-11H2,2-3H3/b12-5+. The Bertz CT molecular complexity index is 352. The minimum atomic E-state index is 0.867. The summed E-state index contributed by atoms with van der Waals surface area (Å²) in [6.07, 6.45) is 3.82. The maximum atomic E-state index is 5.10. The molecule has 0 bridgehead atoms. The number of methoxy groups -OCH3 is 1. The van der Waals surface area contributed by atoms with Crippen LogP contribution in [0.15, 0.2) is 48.6 Å². The van der Waals surface area contributed by atoms with Gasteiger partial charge in [0.15, 0.2) is 0 Å². The van der Waals surface area contributed by atoms with Crippen LogP contribution >= 0.6 is 0 Å². The Hall–Kier alpha value is -1.54. The molecule has 2 heteroatoms. The predicted molar refractivity (Wildman–Crippen MR) is 68.7 cm³/mol. The Morgan fingerprint density at radius 3 is 2.62 bits per heavy atom. The lowest BCUT2D eigenvalue weighted by molar-refractivity contribution is 0.414. The Labute approximate surface area is 97.6 Å². The molecular weight excluding hydrogens is 198 g/mol. The molecule has 0 radical (unpaired) electrons. The lowest BCUT2D eigenvalue weighted by Gasteiger charge is -2.06. The van der Waals surface area contributed by atoms with E-state index in [2.05, 4.69) is 31.0 Å². The first-order valence-electron chi connectivity index (χ1n) is 5.38. The first kappa shape index (κ1) is 12.5. The van der Waals surface area contributed by atoms with Crippen LogP contribution in [-0.4, -0.2) is 13.7 Å². The van der Waals surface area contributed by atoms with Crippen molar-refractivity contribution in [2.45, 2.75) is 13.5 Å². The highest BCUT2D eigenvalue weighted by molar-refractivity contribution is 5.27. The molecule has 0 aliphatic rings. The molecule has 0 aliphatic carbocycles. The molecule has 0 aliphatic heterocycles. The van der Waals surface area contributed by atoms with Crippen molar-refractivity contribution >= 4 is 0 Å². The lowest BCUT2D eigenvalue weighted by atomic mass is 10.2. The molecule has 0 unspecified atom stereocenters. The molecule has 86 valence electrons. The third-order valence-electron chi connectivity index (χ3n) is 2.29.